The van der Waals surface area contributed by atoms with Crippen LogP contribution >= 0.6 is 11.8 Å². The van der Waals surface area contributed by atoms with E-state index in [1.807, 2.05) is 11.8 Å². The fraction of sp³-hybridized carbons (Fsp3) is 0.500. The van der Waals surface area contributed by atoms with Crippen molar-refractivity contribution in [2.75, 3.05) is 39.1 Å². The molecule has 1 aliphatic heterocycles. The second-order valence-electron chi connectivity index (χ2n) is 7.43. The first kappa shape index (κ1) is 20.4. The van der Waals surface area contributed by atoms with E-state index in [0.717, 1.165) is 32.6 Å². The third kappa shape index (κ3) is 6.99. The first-order valence-corrected chi connectivity index (χ1v) is 11.6. The molecule has 2 nitrogen and oxygen atoms in total. The van der Waals surface area contributed by atoms with Crippen molar-refractivity contribution in [1.29, 1.82) is 0 Å². The number of likely N-dealkylation sites (tertiary alicyclic amines) is 1. The van der Waals surface area contributed by atoms with Crippen molar-refractivity contribution in [3.63, 3.8) is 0 Å². The summed E-state index contributed by atoms with van der Waals surface area (Å²) in [5.41, 5.74) is 4.00. The van der Waals surface area contributed by atoms with E-state index in [1.54, 1.807) is 0 Å². The molecule has 0 spiro atoms. The van der Waals surface area contributed by atoms with Gasteiger partial charge in [0.1, 0.15) is 0 Å². The first-order valence-electron chi connectivity index (χ1n) is 10.3. The minimum Gasteiger partial charge on any atom is -0.380 e. The van der Waals surface area contributed by atoms with Gasteiger partial charge in [0.25, 0.3) is 0 Å². The highest BCUT2D eigenvalue weighted by Crippen LogP contribution is 2.22. The van der Waals surface area contributed by atoms with E-state index in [2.05, 4.69) is 65.8 Å². The van der Waals surface area contributed by atoms with Crippen LogP contribution in [0.2, 0.25) is 0 Å². The normalized spacial score (nSPS) is 16.3. The van der Waals surface area contributed by atoms with Crippen LogP contribution in [0.5, 0.6) is 0 Å². The molecule has 1 unspecified atom stereocenters. The molecule has 0 aromatic heterocycles. The minimum absolute atomic E-state index is 0.627. The van der Waals surface area contributed by atoms with Crippen molar-refractivity contribution in [3.05, 3.63) is 60.2 Å². The molecule has 0 radical (unpaired) electrons. The number of rotatable bonds is 10. The van der Waals surface area contributed by atoms with Gasteiger partial charge >= 0.3 is 0 Å². The lowest BCUT2D eigenvalue weighted by Gasteiger charge is -2.26. The van der Waals surface area contributed by atoms with Gasteiger partial charge in [-0.2, -0.15) is 11.8 Å². The number of ether oxygens (including phenoxy) is 1. The van der Waals surface area contributed by atoms with Gasteiger partial charge in [-0.25, -0.2) is 0 Å². The van der Waals surface area contributed by atoms with Crippen molar-refractivity contribution < 1.29 is 4.74 Å². The maximum Gasteiger partial charge on any atom is 0.0593 e. The largest absolute Gasteiger partial charge is 0.380 e. The molecular weight excluding hydrogens is 350 g/mol. The van der Waals surface area contributed by atoms with E-state index in [0.29, 0.717) is 5.25 Å². The number of hydrogen-bond acceptors (Lipinski definition) is 3. The van der Waals surface area contributed by atoms with Crippen molar-refractivity contribution in [1.82, 2.24) is 4.90 Å². The number of nitrogens with zero attached hydrogens (tertiary/aromatic N) is 1. The molecule has 27 heavy (non-hydrogen) atoms. The Labute approximate surface area is 169 Å². The molecule has 3 rings (SSSR count). The summed E-state index contributed by atoms with van der Waals surface area (Å²) in [5.74, 6) is 0. The molecule has 0 aliphatic carbocycles. The van der Waals surface area contributed by atoms with Crippen LogP contribution in [-0.2, 0) is 11.2 Å². The molecule has 2 aromatic carbocycles. The van der Waals surface area contributed by atoms with Gasteiger partial charge in [0.05, 0.1) is 6.61 Å². The Balaban J connectivity index is 1.38. The monoisotopic (exact) mass is 383 g/mol. The number of hydrogen-bond donors (Lipinski definition) is 0. The topological polar surface area (TPSA) is 12.5 Å². The third-order valence-corrected chi connectivity index (χ3v) is 6.51. The van der Waals surface area contributed by atoms with Gasteiger partial charge < -0.3 is 9.64 Å². The van der Waals surface area contributed by atoms with Crippen LogP contribution in [0.4, 0.5) is 0 Å². The van der Waals surface area contributed by atoms with Gasteiger partial charge in [0, 0.05) is 18.4 Å². The Kier molecular flexibility index (Phi) is 8.73. The molecule has 146 valence electrons. The van der Waals surface area contributed by atoms with Crippen LogP contribution in [0.3, 0.4) is 0 Å². The lowest BCUT2D eigenvalue weighted by atomic mass is 10.0. The lowest BCUT2D eigenvalue weighted by molar-refractivity contribution is 0.0948. The van der Waals surface area contributed by atoms with E-state index in [-0.39, 0.29) is 0 Å². The fourth-order valence-electron chi connectivity index (χ4n) is 3.72. The second-order valence-corrected chi connectivity index (χ2v) is 8.57. The minimum atomic E-state index is 0.627. The molecule has 1 heterocycles. The van der Waals surface area contributed by atoms with Crippen LogP contribution in [0.15, 0.2) is 54.6 Å². The molecule has 0 bridgehead atoms. The highest BCUT2D eigenvalue weighted by atomic mass is 32.2. The average molecular weight is 384 g/mol. The predicted molar refractivity (Wildman–Crippen MR) is 119 cm³/mol. The lowest BCUT2D eigenvalue weighted by Crippen LogP contribution is -2.32. The number of thioether (sulfide) groups is 1. The third-order valence-electron chi connectivity index (χ3n) is 5.44. The van der Waals surface area contributed by atoms with Crippen molar-refractivity contribution in [2.24, 2.45) is 0 Å². The zero-order chi connectivity index (χ0) is 18.7. The van der Waals surface area contributed by atoms with E-state index in [9.17, 15) is 0 Å². The Morgan fingerprint density at radius 2 is 1.59 bits per heavy atom. The van der Waals surface area contributed by atoms with E-state index in [1.165, 1.54) is 49.0 Å². The highest BCUT2D eigenvalue weighted by molar-refractivity contribution is 7.99. The van der Waals surface area contributed by atoms with E-state index < -0.39 is 0 Å². The SMILES string of the molecule is CSC(CCOCCN1CCCCC1)Cc1ccc(-c2ccccc2)cc1. The predicted octanol–water partition coefficient (Wildman–Crippen LogP) is 5.52. The summed E-state index contributed by atoms with van der Waals surface area (Å²) < 4.78 is 5.93. The smallest absolute Gasteiger partial charge is 0.0593 e. The van der Waals surface area contributed by atoms with Gasteiger partial charge in [0.2, 0.25) is 0 Å². The fourth-order valence-corrected chi connectivity index (χ4v) is 4.41. The highest BCUT2D eigenvalue weighted by Gasteiger charge is 2.11. The zero-order valence-electron chi connectivity index (χ0n) is 16.6. The number of piperidine rings is 1. The Hall–Kier alpha value is -1.29. The summed E-state index contributed by atoms with van der Waals surface area (Å²) in [6.45, 7) is 5.38. The molecule has 1 aliphatic rings. The van der Waals surface area contributed by atoms with Gasteiger partial charge in [0.15, 0.2) is 0 Å². The molecule has 1 fully saturated rings. The Morgan fingerprint density at radius 1 is 0.889 bits per heavy atom. The van der Waals surface area contributed by atoms with Gasteiger partial charge in [-0.1, -0.05) is 61.0 Å². The second kappa shape index (κ2) is 11.5. The summed E-state index contributed by atoms with van der Waals surface area (Å²) in [4.78, 5) is 2.55. The van der Waals surface area contributed by atoms with Gasteiger partial charge in [-0.15, -0.1) is 0 Å². The van der Waals surface area contributed by atoms with Gasteiger partial charge in [-0.3, -0.25) is 0 Å². The van der Waals surface area contributed by atoms with Crippen LogP contribution in [0.1, 0.15) is 31.2 Å². The molecule has 0 saturated carbocycles. The van der Waals surface area contributed by atoms with E-state index in [4.69, 9.17) is 4.74 Å². The van der Waals surface area contributed by atoms with Crippen molar-refractivity contribution >= 4 is 11.8 Å². The Bertz CT molecular complexity index is 637. The summed E-state index contributed by atoms with van der Waals surface area (Å²) >= 11 is 1.96. The standard InChI is InChI=1S/C24H33NOS/c1-27-24(14-18-26-19-17-25-15-6-3-7-16-25)20-21-10-12-23(13-11-21)22-8-4-2-5-9-22/h2,4-5,8-13,24H,3,6-7,14-20H2,1H3. The summed E-state index contributed by atoms with van der Waals surface area (Å²) in [5, 5.41) is 0.627. The van der Waals surface area contributed by atoms with Crippen LogP contribution in [-0.4, -0.2) is 49.3 Å². The Morgan fingerprint density at radius 3 is 2.30 bits per heavy atom. The van der Waals surface area contributed by atoms with E-state index >= 15 is 0 Å². The molecule has 2 aromatic rings. The van der Waals surface area contributed by atoms with Crippen molar-refractivity contribution in [2.45, 2.75) is 37.4 Å². The zero-order valence-corrected chi connectivity index (χ0v) is 17.4. The molecule has 0 N–H and O–H groups in total. The average Bonchev–Trinajstić information content (AvgIpc) is 2.74. The molecule has 0 amide bonds. The van der Waals surface area contributed by atoms with Crippen LogP contribution < -0.4 is 0 Å². The quantitative estimate of drug-likeness (QED) is 0.501. The molecule has 3 heteroatoms. The van der Waals surface area contributed by atoms with Crippen molar-refractivity contribution in [3.8, 4) is 11.1 Å². The maximum atomic E-state index is 5.93. The summed E-state index contributed by atoms with van der Waals surface area (Å²) in [7, 11) is 0. The molecule has 1 saturated heterocycles. The van der Waals surface area contributed by atoms with Gasteiger partial charge in [-0.05, 0) is 61.7 Å². The molecular formula is C24H33NOS. The van der Waals surface area contributed by atoms with Crippen LogP contribution in [0.25, 0.3) is 11.1 Å². The molecule has 1 atom stereocenters. The first-order chi connectivity index (χ1) is 13.3. The maximum absolute atomic E-state index is 5.93. The number of benzene rings is 2. The summed E-state index contributed by atoms with van der Waals surface area (Å²) in [6.07, 6.45) is 8.58. The summed E-state index contributed by atoms with van der Waals surface area (Å²) in [6, 6.07) is 19.6. The van der Waals surface area contributed by atoms with Crippen LogP contribution in [0, 0.1) is 0 Å².